The minimum Gasteiger partial charge on any atom is -0.315 e. The van der Waals surface area contributed by atoms with Crippen molar-refractivity contribution in [2.75, 3.05) is 7.05 Å². The molecule has 1 heterocycles. The van der Waals surface area contributed by atoms with Crippen molar-refractivity contribution in [3.63, 3.8) is 0 Å². The fraction of sp³-hybridized carbons (Fsp3) is 0.176. The van der Waals surface area contributed by atoms with Gasteiger partial charge in [-0.15, -0.1) is 0 Å². The van der Waals surface area contributed by atoms with Crippen molar-refractivity contribution in [2.24, 2.45) is 0 Å². The number of rotatable bonds is 4. The van der Waals surface area contributed by atoms with Crippen molar-refractivity contribution in [1.29, 1.82) is 0 Å². The number of aromatic nitrogens is 2. The van der Waals surface area contributed by atoms with Gasteiger partial charge in [-0.25, -0.2) is 4.68 Å². The lowest BCUT2D eigenvalue weighted by Gasteiger charge is -2.17. The number of halogens is 2. The molecule has 0 saturated carbocycles. The van der Waals surface area contributed by atoms with Crippen LogP contribution in [0.15, 0.2) is 53.5 Å². The van der Waals surface area contributed by atoms with E-state index < -0.39 is 0 Å². The number of para-hydroxylation sites is 1. The Balaban J connectivity index is 1.83. The van der Waals surface area contributed by atoms with Crippen LogP contribution in [0.3, 0.4) is 0 Å². The Bertz CT molecular complexity index is 908. The Hall–Kier alpha value is -1.88. The lowest BCUT2D eigenvalue weighted by molar-refractivity contribution is -0.917. The van der Waals surface area contributed by atoms with Gasteiger partial charge in [0.15, 0.2) is 6.67 Å². The second-order valence-electron chi connectivity index (χ2n) is 5.57. The third-order valence-electron chi connectivity index (χ3n) is 3.67. The van der Waals surface area contributed by atoms with Crippen molar-refractivity contribution < 1.29 is 4.90 Å². The molecule has 3 rings (SSSR count). The molecule has 4 nitrogen and oxygen atoms in total. The molecule has 6 heteroatoms. The summed E-state index contributed by atoms with van der Waals surface area (Å²) in [6.07, 6.45) is 1.37. The molecule has 0 bridgehead atoms. The standard InChI is InChI=1S/C17H15Cl2N3O/c1-21(10-12-6-7-14(18)15(19)8-12)11-22-16-5-3-2-4-13(16)17(23)9-20-22/h2-9H,10-11H2,1H3/p+1. The minimum absolute atomic E-state index is 0.0565. The summed E-state index contributed by atoms with van der Waals surface area (Å²) in [6.45, 7) is 1.42. The Labute approximate surface area is 143 Å². The summed E-state index contributed by atoms with van der Waals surface area (Å²) in [7, 11) is 2.07. The fourth-order valence-electron chi connectivity index (χ4n) is 2.60. The predicted molar refractivity (Wildman–Crippen MR) is 93.1 cm³/mol. The van der Waals surface area contributed by atoms with E-state index in [1.807, 2.05) is 41.1 Å². The predicted octanol–water partition coefficient (Wildman–Crippen LogP) is 2.38. The highest BCUT2D eigenvalue weighted by molar-refractivity contribution is 6.42. The highest BCUT2D eigenvalue weighted by Gasteiger charge is 2.10. The molecule has 0 saturated heterocycles. The van der Waals surface area contributed by atoms with Crippen molar-refractivity contribution in [3.05, 3.63) is 74.5 Å². The molecule has 3 aromatic rings. The van der Waals surface area contributed by atoms with Gasteiger partial charge in [-0.1, -0.05) is 41.4 Å². The van der Waals surface area contributed by atoms with Crippen LogP contribution in [-0.4, -0.2) is 16.8 Å². The first kappa shape index (κ1) is 16.0. The average Bonchev–Trinajstić information content (AvgIpc) is 2.54. The van der Waals surface area contributed by atoms with Crippen LogP contribution >= 0.6 is 23.2 Å². The maximum absolute atomic E-state index is 11.9. The maximum Gasteiger partial charge on any atom is 0.207 e. The van der Waals surface area contributed by atoms with Crippen molar-refractivity contribution in [1.82, 2.24) is 9.78 Å². The SMILES string of the molecule is C[NH+](Cc1ccc(Cl)c(Cl)c1)Cn1ncc(=O)c2ccccc21. The van der Waals surface area contributed by atoms with Gasteiger partial charge in [0.25, 0.3) is 0 Å². The maximum atomic E-state index is 11.9. The number of hydrogen-bond donors (Lipinski definition) is 1. The van der Waals surface area contributed by atoms with Gasteiger partial charge in [0, 0.05) is 10.9 Å². The zero-order valence-corrected chi connectivity index (χ0v) is 14.1. The highest BCUT2D eigenvalue weighted by atomic mass is 35.5. The number of benzene rings is 2. The molecular weight excluding hydrogens is 333 g/mol. The Morgan fingerprint density at radius 2 is 1.91 bits per heavy atom. The largest absolute Gasteiger partial charge is 0.315 e. The Morgan fingerprint density at radius 1 is 1.13 bits per heavy atom. The van der Waals surface area contributed by atoms with E-state index in [0.717, 1.165) is 17.6 Å². The summed E-state index contributed by atoms with van der Waals surface area (Å²) in [5.74, 6) is 0. The first-order chi connectivity index (χ1) is 11.0. The van der Waals surface area contributed by atoms with Gasteiger partial charge in [-0.2, -0.15) is 5.10 Å². The summed E-state index contributed by atoms with van der Waals surface area (Å²) < 4.78 is 1.85. The molecule has 0 radical (unpaired) electrons. The van der Waals surface area contributed by atoms with E-state index in [-0.39, 0.29) is 5.43 Å². The van der Waals surface area contributed by atoms with E-state index in [4.69, 9.17) is 23.2 Å². The topological polar surface area (TPSA) is 39.3 Å². The van der Waals surface area contributed by atoms with E-state index >= 15 is 0 Å². The number of quaternary nitrogens is 1. The van der Waals surface area contributed by atoms with E-state index in [2.05, 4.69) is 12.1 Å². The molecule has 23 heavy (non-hydrogen) atoms. The molecule has 0 amide bonds. The molecule has 0 aliphatic heterocycles. The molecular formula is C17H16Cl2N3O+. The molecule has 0 aliphatic carbocycles. The molecule has 118 valence electrons. The van der Waals surface area contributed by atoms with Crippen molar-refractivity contribution in [3.8, 4) is 0 Å². The Morgan fingerprint density at radius 3 is 2.70 bits per heavy atom. The molecule has 1 aromatic heterocycles. The molecule has 1 atom stereocenters. The lowest BCUT2D eigenvalue weighted by atomic mass is 10.2. The van der Waals surface area contributed by atoms with Gasteiger partial charge in [-0.3, -0.25) is 4.79 Å². The molecule has 2 aromatic carbocycles. The first-order valence-electron chi connectivity index (χ1n) is 7.24. The van der Waals surface area contributed by atoms with Crippen LogP contribution in [0.25, 0.3) is 10.9 Å². The van der Waals surface area contributed by atoms with Crippen LogP contribution in [0.1, 0.15) is 5.56 Å². The summed E-state index contributed by atoms with van der Waals surface area (Å²) in [5, 5.41) is 6.06. The summed E-state index contributed by atoms with van der Waals surface area (Å²) in [6, 6.07) is 13.2. The third kappa shape index (κ3) is 3.55. The molecule has 1 unspecified atom stereocenters. The molecule has 0 spiro atoms. The smallest absolute Gasteiger partial charge is 0.207 e. The lowest BCUT2D eigenvalue weighted by Crippen LogP contribution is -3.07. The number of fused-ring (bicyclic) bond motifs is 1. The zero-order valence-electron chi connectivity index (χ0n) is 12.6. The van der Waals surface area contributed by atoms with Gasteiger partial charge in [-0.05, 0) is 24.3 Å². The fourth-order valence-corrected chi connectivity index (χ4v) is 2.92. The van der Waals surface area contributed by atoms with Crippen LogP contribution < -0.4 is 10.3 Å². The third-order valence-corrected chi connectivity index (χ3v) is 4.41. The second-order valence-corrected chi connectivity index (χ2v) is 6.38. The van der Waals surface area contributed by atoms with E-state index in [1.165, 1.54) is 11.1 Å². The minimum atomic E-state index is -0.0565. The van der Waals surface area contributed by atoms with Gasteiger partial charge >= 0.3 is 0 Å². The van der Waals surface area contributed by atoms with E-state index in [0.29, 0.717) is 22.1 Å². The Kier molecular flexibility index (Phi) is 4.66. The molecule has 1 N–H and O–H groups in total. The monoisotopic (exact) mass is 348 g/mol. The summed E-state index contributed by atoms with van der Waals surface area (Å²) >= 11 is 12.0. The van der Waals surface area contributed by atoms with Gasteiger partial charge in [0.05, 0.1) is 28.8 Å². The van der Waals surface area contributed by atoms with Crippen LogP contribution in [0, 0.1) is 0 Å². The van der Waals surface area contributed by atoms with Crippen LogP contribution in [0.4, 0.5) is 0 Å². The van der Waals surface area contributed by atoms with Crippen molar-refractivity contribution >= 4 is 34.1 Å². The van der Waals surface area contributed by atoms with Gasteiger partial charge < -0.3 is 4.90 Å². The highest BCUT2D eigenvalue weighted by Crippen LogP contribution is 2.22. The first-order valence-corrected chi connectivity index (χ1v) is 8.00. The van der Waals surface area contributed by atoms with E-state index in [1.54, 1.807) is 6.07 Å². The molecule has 0 fully saturated rings. The number of nitrogens with zero attached hydrogens (tertiary/aromatic N) is 2. The summed E-state index contributed by atoms with van der Waals surface area (Å²) in [4.78, 5) is 13.1. The average molecular weight is 349 g/mol. The van der Waals surface area contributed by atoms with Crippen LogP contribution in [0.5, 0.6) is 0 Å². The zero-order chi connectivity index (χ0) is 16.4. The summed E-state index contributed by atoms with van der Waals surface area (Å²) in [5.41, 5.74) is 1.88. The normalized spacial score (nSPS) is 12.5. The van der Waals surface area contributed by atoms with Gasteiger partial charge in [0.1, 0.15) is 6.54 Å². The van der Waals surface area contributed by atoms with Gasteiger partial charge in [0.2, 0.25) is 5.43 Å². The van der Waals surface area contributed by atoms with Crippen molar-refractivity contribution in [2.45, 2.75) is 13.2 Å². The quantitative estimate of drug-likeness (QED) is 0.786. The van der Waals surface area contributed by atoms with Crippen LogP contribution in [0.2, 0.25) is 10.0 Å². The second kappa shape index (κ2) is 6.71. The number of nitrogens with one attached hydrogen (secondary N) is 1. The molecule has 0 aliphatic rings. The van der Waals surface area contributed by atoms with Crippen LogP contribution in [-0.2, 0) is 13.2 Å². The van der Waals surface area contributed by atoms with E-state index in [9.17, 15) is 4.79 Å². The number of hydrogen-bond acceptors (Lipinski definition) is 2.